The minimum Gasteiger partial charge on any atom is -0.507 e. The maximum atomic E-state index is 9.96. The van der Waals surface area contributed by atoms with Crippen molar-refractivity contribution in [3.05, 3.63) is 77.9 Å². The van der Waals surface area contributed by atoms with Gasteiger partial charge < -0.3 is 5.11 Å². The van der Waals surface area contributed by atoms with Crippen molar-refractivity contribution < 1.29 is 5.11 Å². The Kier molecular flexibility index (Phi) is 3.92. The van der Waals surface area contributed by atoms with E-state index in [9.17, 15) is 5.11 Å². The molecule has 0 saturated heterocycles. The number of hydrogen-bond acceptors (Lipinski definition) is 2. The normalized spacial score (nSPS) is 13.3. The van der Waals surface area contributed by atoms with E-state index in [4.69, 9.17) is 4.99 Å². The molecule has 0 fully saturated rings. The number of para-hydroxylation sites is 1. The lowest BCUT2D eigenvalue weighted by molar-refractivity contribution is 0.474. The Bertz CT molecular complexity index is 830. The predicted octanol–water partition coefficient (Wildman–Crippen LogP) is 5.12. The summed E-state index contributed by atoms with van der Waals surface area (Å²) in [7, 11) is 0. The van der Waals surface area contributed by atoms with Crippen LogP contribution in [0, 0.1) is 0 Å². The van der Waals surface area contributed by atoms with Gasteiger partial charge in [0.2, 0.25) is 0 Å². The number of hydrogen-bond donors (Lipinski definition) is 1. The van der Waals surface area contributed by atoms with Crippen molar-refractivity contribution >= 4 is 16.5 Å². The van der Waals surface area contributed by atoms with Crippen LogP contribution >= 0.6 is 0 Å². The number of phenols is 1. The number of aromatic hydroxyl groups is 1. The van der Waals surface area contributed by atoms with Crippen molar-refractivity contribution in [1.29, 1.82) is 0 Å². The van der Waals surface area contributed by atoms with Crippen LogP contribution in [0.15, 0.2) is 71.7 Å². The zero-order valence-corrected chi connectivity index (χ0v) is 12.8. The van der Waals surface area contributed by atoms with Crippen LogP contribution in [0.25, 0.3) is 10.8 Å². The van der Waals surface area contributed by atoms with Crippen molar-refractivity contribution in [2.75, 3.05) is 0 Å². The molecule has 0 radical (unpaired) electrons. The van der Waals surface area contributed by atoms with Gasteiger partial charge in [-0.15, -0.1) is 0 Å². The molecule has 3 aromatic rings. The molecule has 3 rings (SSSR count). The Morgan fingerprint density at radius 3 is 2.41 bits per heavy atom. The molecule has 2 nitrogen and oxygen atoms in total. The molecule has 0 aliphatic carbocycles. The Morgan fingerprint density at radius 1 is 0.909 bits per heavy atom. The summed E-state index contributed by atoms with van der Waals surface area (Å²) in [6, 6.07) is 22.0. The van der Waals surface area contributed by atoms with Crippen LogP contribution in [0.5, 0.6) is 5.75 Å². The first kappa shape index (κ1) is 14.3. The minimum absolute atomic E-state index is 0.0331. The molecular formula is C20H19NO. The first-order valence-electron chi connectivity index (χ1n) is 7.47. The van der Waals surface area contributed by atoms with E-state index in [0.29, 0.717) is 0 Å². The Balaban J connectivity index is 2.01. The molecule has 0 unspecified atom stereocenters. The highest BCUT2D eigenvalue weighted by Crippen LogP contribution is 2.27. The van der Waals surface area contributed by atoms with Gasteiger partial charge in [0.05, 0.1) is 6.04 Å². The highest BCUT2D eigenvalue weighted by Gasteiger charge is 2.10. The summed E-state index contributed by atoms with van der Waals surface area (Å²) < 4.78 is 0. The van der Waals surface area contributed by atoms with E-state index in [1.165, 1.54) is 16.3 Å². The molecule has 0 aliphatic heterocycles. The topological polar surface area (TPSA) is 32.6 Å². The van der Waals surface area contributed by atoms with Crippen molar-refractivity contribution in [1.82, 2.24) is 0 Å². The van der Waals surface area contributed by atoms with Crippen LogP contribution in [0.2, 0.25) is 0 Å². The summed E-state index contributed by atoms with van der Waals surface area (Å²) in [6.07, 6.45) is 0. The molecule has 1 atom stereocenters. The van der Waals surface area contributed by atoms with Crippen LogP contribution in [-0.2, 0) is 0 Å². The standard InChI is InChI=1S/C20H19NO/c1-14(21-15(2)18-10-5-6-13-20(18)22)17-12-7-9-16-8-3-4-11-19(16)17/h3-14,22H,1-2H3/t14-/m1/s1. The SMILES string of the molecule is CC(=N[C@H](C)c1cccc2ccccc12)c1ccccc1O. The lowest BCUT2D eigenvalue weighted by atomic mass is 9.99. The molecule has 0 aliphatic rings. The summed E-state index contributed by atoms with van der Waals surface area (Å²) in [5.41, 5.74) is 2.83. The molecule has 110 valence electrons. The minimum atomic E-state index is 0.0331. The number of nitrogens with zero attached hydrogens (tertiary/aromatic N) is 1. The van der Waals surface area contributed by atoms with E-state index in [-0.39, 0.29) is 11.8 Å². The van der Waals surface area contributed by atoms with Crippen LogP contribution in [0.3, 0.4) is 0 Å². The number of benzene rings is 3. The average Bonchev–Trinajstić information content (AvgIpc) is 2.54. The molecule has 0 bridgehead atoms. The van der Waals surface area contributed by atoms with E-state index >= 15 is 0 Å². The molecule has 3 aromatic carbocycles. The summed E-state index contributed by atoms with van der Waals surface area (Å²) in [5, 5.41) is 12.4. The van der Waals surface area contributed by atoms with Gasteiger partial charge in [0.25, 0.3) is 0 Å². The second-order valence-corrected chi connectivity index (χ2v) is 5.48. The fourth-order valence-electron chi connectivity index (χ4n) is 2.82. The predicted molar refractivity (Wildman–Crippen MR) is 92.7 cm³/mol. The van der Waals surface area contributed by atoms with Gasteiger partial charge in [-0.05, 0) is 42.3 Å². The molecule has 0 spiro atoms. The van der Waals surface area contributed by atoms with Gasteiger partial charge in [-0.1, -0.05) is 54.6 Å². The first-order valence-corrected chi connectivity index (χ1v) is 7.47. The fourth-order valence-corrected chi connectivity index (χ4v) is 2.82. The molecule has 22 heavy (non-hydrogen) atoms. The molecule has 0 amide bonds. The summed E-state index contributed by atoms with van der Waals surface area (Å²) >= 11 is 0. The van der Waals surface area contributed by atoms with E-state index in [1.54, 1.807) is 6.07 Å². The maximum absolute atomic E-state index is 9.96. The van der Waals surface area contributed by atoms with Gasteiger partial charge in [-0.2, -0.15) is 0 Å². The van der Waals surface area contributed by atoms with Gasteiger partial charge in [0.15, 0.2) is 0 Å². The van der Waals surface area contributed by atoms with Gasteiger partial charge in [-0.25, -0.2) is 0 Å². The largest absolute Gasteiger partial charge is 0.507 e. The third kappa shape index (κ3) is 2.73. The second-order valence-electron chi connectivity index (χ2n) is 5.48. The van der Waals surface area contributed by atoms with Crippen LogP contribution in [0.4, 0.5) is 0 Å². The van der Waals surface area contributed by atoms with Crippen LogP contribution < -0.4 is 0 Å². The van der Waals surface area contributed by atoms with Crippen LogP contribution in [0.1, 0.15) is 31.0 Å². The van der Waals surface area contributed by atoms with Crippen molar-refractivity contribution in [3.63, 3.8) is 0 Å². The highest BCUT2D eigenvalue weighted by molar-refractivity contribution is 6.01. The second kappa shape index (κ2) is 6.02. The number of rotatable bonds is 3. The quantitative estimate of drug-likeness (QED) is 0.667. The zero-order chi connectivity index (χ0) is 15.5. The summed E-state index contributed by atoms with van der Waals surface area (Å²) in [4.78, 5) is 4.79. The monoisotopic (exact) mass is 289 g/mol. The van der Waals surface area contributed by atoms with Crippen molar-refractivity contribution in [3.8, 4) is 5.75 Å². The van der Waals surface area contributed by atoms with E-state index in [2.05, 4.69) is 43.3 Å². The Hall–Kier alpha value is -2.61. The summed E-state index contributed by atoms with van der Waals surface area (Å²) in [5.74, 6) is 0.272. The number of phenolic OH excluding ortho intramolecular Hbond substituents is 1. The van der Waals surface area contributed by atoms with Crippen molar-refractivity contribution in [2.45, 2.75) is 19.9 Å². The van der Waals surface area contributed by atoms with Crippen LogP contribution in [-0.4, -0.2) is 10.8 Å². The fraction of sp³-hybridized carbons (Fsp3) is 0.150. The Morgan fingerprint density at radius 2 is 1.59 bits per heavy atom. The molecule has 1 N–H and O–H groups in total. The average molecular weight is 289 g/mol. The van der Waals surface area contributed by atoms with E-state index < -0.39 is 0 Å². The molecule has 2 heteroatoms. The first-order chi connectivity index (χ1) is 10.7. The molecular weight excluding hydrogens is 270 g/mol. The number of fused-ring (bicyclic) bond motifs is 1. The van der Waals surface area contributed by atoms with E-state index in [1.807, 2.05) is 31.2 Å². The van der Waals surface area contributed by atoms with Crippen molar-refractivity contribution in [2.24, 2.45) is 4.99 Å². The third-order valence-electron chi connectivity index (χ3n) is 3.95. The zero-order valence-electron chi connectivity index (χ0n) is 12.8. The van der Waals surface area contributed by atoms with Gasteiger partial charge in [0, 0.05) is 11.3 Å². The van der Waals surface area contributed by atoms with Gasteiger partial charge in [-0.3, -0.25) is 4.99 Å². The van der Waals surface area contributed by atoms with E-state index in [0.717, 1.165) is 11.3 Å². The smallest absolute Gasteiger partial charge is 0.124 e. The van der Waals surface area contributed by atoms with Gasteiger partial charge in [0.1, 0.15) is 5.75 Å². The lowest BCUT2D eigenvalue weighted by Gasteiger charge is -2.13. The molecule has 0 saturated carbocycles. The third-order valence-corrected chi connectivity index (χ3v) is 3.95. The summed E-state index contributed by atoms with van der Waals surface area (Å²) in [6.45, 7) is 4.03. The lowest BCUT2D eigenvalue weighted by Crippen LogP contribution is -2.00. The Labute approximate surface area is 130 Å². The maximum Gasteiger partial charge on any atom is 0.124 e. The molecule has 0 heterocycles. The molecule has 0 aromatic heterocycles. The highest BCUT2D eigenvalue weighted by atomic mass is 16.3. The van der Waals surface area contributed by atoms with Gasteiger partial charge >= 0.3 is 0 Å². The number of aliphatic imine (C=N–C) groups is 1.